The molecule has 3 aliphatic rings. The molecule has 3 heterocycles. The van der Waals surface area contributed by atoms with E-state index < -0.39 is 11.9 Å². The normalized spacial score (nSPS) is 22.2. The zero-order valence-electron chi connectivity index (χ0n) is 25.3. The predicted octanol–water partition coefficient (Wildman–Crippen LogP) is 4.33. The highest BCUT2D eigenvalue weighted by Gasteiger charge is 2.31. The molecule has 0 aromatic heterocycles. The summed E-state index contributed by atoms with van der Waals surface area (Å²) in [6, 6.07) is -0.431. The molecule has 4 N–H and O–H groups in total. The van der Waals surface area contributed by atoms with Crippen LogP contribution in [0.25, 0.3) is 0 Å². The zero-order chi connectivity index (χ0) is 28.5. The first-order valence-electron chi connectivity index (χ1n) is 14.6. The number of rotatable bonds is 9. The van der Waals surface area contributed by atoms with Crippen LogP contribution in [0.5, 0.6) is 0 Å². The van der Waals surface area contributed by atoms with Crippen molar-refractivity contribution in [1.82, 2.24) is 14.7 Å². The molecule has 0 spiro atoms. The number of carboxylic acid groups (broad SMARTS) is 2. The van der Waals surface area contributed by atoms with Gasteiger partial charge in [-0.1, -0.05) is 55.4 Å². The Bertz CT molecular complexity index is 571. The molecule has 0 radical (unpaired) electrons. The van der Waals surface area contributed by atoms with Crippen molar-refractivity contribution in [3.05, 3.63) is 0 Å². The number of likely N-dealkylation sites (tertiary alicyclic amines) is 3. The molecule has 0 amide bonds. The standard InChI is InChI=1S/2C9H17NO2.C7H15N.C4H11N/c2*1-7(2)6-10-5-3-4-8(10)9(11)12;1-7(2)6-8-4-3-5-8;1-4(2)3-5/h2*7-8H,3-6H2,1-2H3,(H,11,12);7H,3-6H2,1-2H3;4H,3,5H2,1-2H3/t2*8-;;/m10../s1. The summed E-state index contributed by atoms with van der Waals surface area (Å²) in [7, 11) is 0. The van der Waals surface area contributed by atoms with Gasteiger partial charge in [0.2, 0.25) is 0 Å². The molecular weight excluding hydrogens is 468 g/mol. The fourth-order valence-electron chi connectivity index (χ4n) is 4.67. The Morgan fingerprint density at radius 1 is 0.649 bits per heavy atom. The number of hydrogen-bond acceptors (Lipinski definition) is 6. The first-order valence-corrected chi connectivity index (χ1v) is 14.6. The lowest BCUT2D eigenvalue weighted by Crippen LogP contribution is -2.39. The molecule has 0 unspecified atom stereocenters. The van der Waals surface area contributed by atoms with Gasteiger partial charge >= 0.3 is 11.9 Å². The van der Waals surface area contributed by atoms with Crippen molar-refractivity contribution in [3.63, 3.8) is 0 Å². The molecule has 0 saturated carbocycles. The van der Waals surface area contributed by atoms with Crippen LogP contribution in [0, 0.1) is 23.7 Å². The van der Waals surface area contributed by atoms with Crippen LogP contribution in [0.1, 0.15) is 87.5 Å². The van der Waals surface area contributed by atoms with Gasteiger partial charge in [-0.15, -0.1) is 0 Å². The van der Waals surface area contributed by atoms with Gasteiger partial charge in [0.1, 0.15) is 12.1 Å². The minimum atomic E-state index is -0.659. The highest BCUT2D eigenvalue weighted by atomic mass is 16.4. The van der Waals surface area contributed by atoms with Crippen molar-refractivity contribution in [3.8, 4) is 0 Å². The largest absolute Gasteiger partial charge is 0.480 e. The number of aliphatic carboxylic acids is 2. The van der Waals surface area contributed by atoms with E-state index >= 15 is 0 Å². The topological polar surface area (TPSA) is 110 Å². The number of carbonyl (C=O) groups is 2. The van der Waals surface area contributed by atoms with Gasteiger partial charge in [-0.05, 0) is 88.5 Å². The molecule has 0 aromatic carbocycles. The van der Waals surface area contributed by atoms with E-state index in [1.165, 1.54) is 26.1 Å². The van der Waals surface area contributed by atoms with E-state index in [2.05, 4.69) is 70.1 Å². The van der Waals surface area contributed by atoms with Crippen molar-refractivity contribution >= 4 is 11.9 Å². The maximum atomic E-state index is 10.8. The van der Waals surface area contributed by atoms with E-state index in [4.69, 9.17) is 15.9 Å². The van der Waals surface area contributed by atoms with E-state index in [-0.39, 0.29) is 12.1 Å². The average molecular weight is 529 g/mol. The van der Waals surface area contributed by atoms with Crippen LogP contribution in [0.4, 0.5) is 0 Å². The Kier molecular flexibility index (Phi) is 19.1. The molecule has 3 fully saturated rings. The number of nitrogens with zero attached hydrogens (tertiary/aromatic N) is 3. The third kappa shape index (κ3) is 17.1. The van der Waals surface area contributed by atoms with Crippen molar-refractivity contribution in [2.75, 3.05) is 52.4 Å². The fourth-order valence-corrected chi connectivity index (χ4v) is 4.67. The quantitative estimate of drug-likeness (QED) is 0.406. The second-order valence-corrected chi connectivity index (χ2v) is 12.4. The summed E-state index contributed by atoms with van der Waals surface area (Å²) >= 11 is 0. The van der Waals surface area contributed by atoms with Gasteiger partial charge in [-0.2, -0.15) is 0 Å². The molecule has 0 aromatic rings. The number of nitrogens with two attached hydrogens (primary N) is 1. The molecule has 220 valence electrons. The van der Waals surface area contributed by atoms with E-state index in [0.717, 1.165) is 64.3 Å². The van der Waals surface area contributed by atoms with Crippen LogP contribution in [0.15, 0.2) is 0 Å². The van der Waals surface area contributed by atoms with Crippen LogP contribution in [-0.4, -0.2) is 101 Å². The third-order valence-corrected chi connectivity index (χ3v) is 6.54. The Hall–Kier alpha value is -1.22. The molecule has 0 aliphatic carbocycles. The van der Waals surface area contributed by atoms with E-state index in [9.17, 15) is 9.59 Å². The Morgan fingerprint density at radius 2 is 1.00 bits per heavy atom. The summed E-state index contributed by atoms with van der Waals surface area (Å²) in [6.45, 7) is 25.8. The number of carboxylic acids is 2. The van der Waals surface area contributed by atoms with Crippen molar-refractivity contribution in [2.24, 2.45) is 29.4 Å². The summed E-state index contributed by atoms with van der Waals surface area (Å²) < 4.78 is 0. The molecule has 3 saturated heterocycles. The summed E-state index contributed by atoms with van der Waals surface area (Å²) in [6.07, 6.45) is 5.13. The van der Waals surface area contributed by atoms with Crippen LogP contribution in [0.3, 0.4) is 0 Å². The number of hydrogen-bond donors (Lipinski definition) is 3. The second kappa shape index (κ2) is 19.8. The molecule has 3 aliphatic heterocycles. The summed E-state index contributed by atoms with van der Waals surface area (Å²) in [4.78, 5) is 28.2. The van der Waals surface area contributed by atoms with Crippen molar-refractivity contribution in [2.45, 2.75) is 99.6 Å². The molecule has 8 nitrogen and oxygen atoms in total. The van der Waals surface area contributed by atoms with Crippen molar-refractivity contribution in [1.29, 1.82) is 0 Å². The lowest BCUT2D eigenvalue weighted by Gasteiger charge is -2.31. The smallest absolute Gasteiger partial charge is 0.320 e. The van der Waals surface area contributed by atoms with Crippen LogP contribution < -0.4 is 5.73 Å². The van der Waals surface area contributed by atoms with Gasteiger partial charge < -0.3 is 20.8 Å². The summed E-state index contributed by atoms with van der Waals surface area (Å²) in [5.41, 5.74) is 5.17. The molecule has 3 rings (SSSR count). The average Bonchev–Trinajstić information content (AvgIpc) is 3.41. The first kappa shape index (κ1) is 35.8. The van der Waals surface area contributed by atoms with E-state index in [1.54, 1.807) is 0 Å². The highest BCUT2D eigenvalue weighted by Crippen LogP contribution is 2.19. The van der Waals surface area contributed by atoms with Crippen LogP contribution >= 0.6 is 0 Å². The van der Waals surface area contributed by atoms with E-state index in [0.29, 0.717) is 17.8 Å². The van der Waals surface area contributed by atoms with Crippen molar-refractivity contribution < 1.29 is 19.8 Å². The minimum Gasteiger partial charge on any atom is -0.480 e. The SMILES string of the molecule is CC(C)CN.CC(C)CN1CCC1.CC(C)CN1CCC[C@@H]1C(=O)O.CC(C)CN1CCC[C@H]1C(=O)O. The van der Waals surface area contributed by atoms with Gasteiger partial charge in [-0.25, -0.2) is 0 Å². The first-order chi connectivity index (χ1) is 17.3. The predicted molar refractivity (Wildman–Crippen MR) is 154 cm³/mol. The maximum absolute atomic E-state index is 10.8. The van der Waals surface area contributed by atoms with Gasteiger partial charge in [0, 0.05) is 19.6 Å². The monoisotopic (exact) mass is 528 g/mol. The second-order valence-electron chi connectivity index (χ2n) is 12.4. The zero-order valence-corrected chi connectivity index (χ0v) is 25.3. The lowest BCUT2D eigenvalue weighted by molar-refractivity contribution is -0.143. The molecule has 37 heavy (non-hydrogen) atoms. The third-order valence-electron chi connectivity index (χ3n) is 6.54. The van der Waals surface area contributed by atoms with E-state index in [1.807, 2.05) is 0 Å². The van der Waals surface area contributed by atoms with Crippen LogP contribution in [-0.2, 0) is 9.59 Å². The lowest BCUT2D eigenvalue weighted by atomic mass is 10.1. The Balaban J connectivity index is 0.000000490. The fraction of sp³-hybridized carbons (Fsp3) is 0.931. The Labute approximate surface area is 227 Å². The minimum absolute atomic E-state index is 0.215. The molecule has 8 heteroatoms. The Morgan fingerprint density at radius 3 is 1.19 bits per heavy atom. The van der Waals surface area contributed by atoms with Crippen LogP contribution in [0.2, 0.25) is 0 Å². The molecular formula is C29H60N4O4. The summed E-state index contributed by atoms with van der Waals surface area (Å²) in [5.74, 6) is 1.32. The maximum Gasteiger partial charge on any atom is 0.320 e. The van der Waals surface area contributed by atoms with Gasteiger partial charge in [0.25, 0.3) is 0 Å². The summed E-state index contributed by atoms with van der Waals surface area (Å²) in [5, 5.41) is 17.7. The highest BCUT2D eigenvalue weighted by molar-refractivity contribution is 5.74. The van der Waals surface area contributed by atoms with Gasteiger partial charge in [0.05, 0.1) is 0 Å². The molecule has 0 bridgehead atoms. The molecule has 2 atom stereocenters. The van der Waals surface area contributed by atoms with Gasteiger partial charge in [-0.3, -0.25) is 19.4 Å². The van der Waals surface area contributed by atoms with Gasteiger partial charge in [0.15, 0.2) is 0 Å².